The molecule has 3 aromatic rings. The van der Waals surface area contributed by atoms with Crippen LogP contribution in [0.25, 0.3) is 11.4 Å². The molecule has 0 aliphatic rings. The van der Waals surface area contributed by atoms with Crippen LogP contribution < -0.4 is 15.6 Å². The molecule has 2 N–H and O–H groups in total. The molecule has 0 unspecified atom stereocenters. The highest BCUT2D eigenvalue weighted by atomic mass is 32.2. The van der Waals surface area contributed by atoms with Crippen LogP contribution in [0.2, 0.25) is 0 Å². The van der Waals surface area contributed by atoms with Gasteiger partial charge in [0.1, 0.15) is 5.75 Å². The minimum Gasteiger partial charge on any atom is -0.483 e. The first-order chi connectivity index (χ1) is 15.4. The van der Waals surface area contributed by atoms with Crippen LogP contribution >= 0.6 is 11.8 Å². The van der Waals surface area contributed by atoms with E-state index in [1.54, 1.807) is 0 Å². The van der Waals surface area contributed by atoms with E-state index in [0.29, 0.717) is 17.5 Å². The molecular weight excluding hydrogens is 426 g/mol. The number of ether oxygens (including phenoxy) is 1. The first kappa shape index (κ1) is 23.3. The highest BCUT2D eigenvalue weighted by Crippen LogP contribution is 2.26. The Labute approximate surface area is 191 Å². The van der Waals surface area contributed by atoms with E-state index in [2.05, 4.69) is 21.0 Å². The number of amides is 2. The zero-order valence-corrected chi connectivity index (χ0v) is 19.5. The lowest BCUT2D eigenvalue weighted by molar-refractivity contribution is -0.128. The number of benzene rings is 2. The Morgan fingerprint density at radius 1 is 1.00 bits per heavy atom. The highest BCUT2D eigenvalue weighted by molar-refractivity contribution is 7.99. The number of carbonyl (C=O) groups is 2. The van der Waals surface area contributed by atoms with Gasteiger partial charge in [0.2, 0.25) is 5.91 Å². The molecule has 0 aliphatic heterocycles. The van der Waals surface area contributed by atoms with Crippen LogP contribution in [-0.4, -0.2) is 38.9 Å². The molecule has 0 fully saturated rings. The van der Waals surface area contributed by atoms with E-state index in [9.17, 15) is 9.59 Å². The molecule has 0 saturated carbocycles. The van der Waals surface area contributed by atoms with Gasteiger partial charge in [-0.15, -0.1) is 10.2 Å². The van der Waals surface area contributed by atoms with Crippen LogP contribution in [0.5, 0.6) is 5.75 Å². The van der Waals surface area contributed by atoms with Crippen LogP contribution in [0.1, 0.15) is 23.6 Å². The third kappa shape index (κ3) is 5.88. The number of aryl methyl sites for hydroxylation is 3. The van der Waals surface area contributed by atoms with Crippen molar-refractivity contribution in [3.63, 3.8) is 0 Å². The van der Waals surface area contributed by atoms with Gasteiger partial charge in [0.05, 0.1) is 5.75 Å². The van der Waals surface area contributed by atoms with E-state index in [1.807, 2.05) is 74.7 Å². The lowest BCUT2D eigenvalue weighted by Gasteiger charge is -2.11. The molecule has 3 rings (SSSR count). The first-order valence-corrected chi connectivity index (χ1v) is 11.3. The predicted octanol–water partition coefficient (Wildman–Crippen LogP) is 3.21. The Morgan fingerprint density at radius 2 is 1.75 bits per heavy atom. The molecule has 32 heavy (non-hydrogen) atoms. The Kier molecular flexibility index (Phi) is 7.88. The van der Waals surface area contributed by atoms with Gasteiger partial charge in [-0.3, -0.25) is 20.4 Å². The van der Waals surface area contributed by atoms with E-state index in [4.69, 9.17) is 4.74 Å². The zero-order valence-electron chi connectivity index (χ0n) is 18.6. The Balaban J connectivity index is 1.49. The second kappa shape index (κ2) is 10.8. The molecule has 0 saturated heterocycles. The van der Waals surface area contributed by atoms with Crippen LogP contribution in [-0.2, 0) is 16.1 Å². The summed E-state index contributed by atoms with van der Waals surface area (Å²) in [5.74, 6) is 0.709. The maximum Gasteiger partial charge on any atom is 0.276 e. The molecule has 9 heteroatoms. The summed E-state index contributed by atoms with van der Waals surface area (Å²) in [6.45, 7) is 8.37. The molecule has 0 bridgehead atoms. The zero-order chi connectivity index (χ0) is 23.1. The lowest BCUT2D eigenvalue weighted by Crippen LogP contribution is -2.44. The van der Waals surface area contributed by atoms with Gasteiger partial charge in [0, 0.05) is 12.1 Å². The Bertz CT molecular complexity index is 1110. The number of nitrogens with zero attached hydrogens (tertiary/aromatic N) is 3. The van der Waals surface area contributed by atoms with Gasteiger partial charge in [-0.1, -0.05) is 48.2 Å². The summed E-state index contributed by atoms with van der Waals surface area (Å²) in [6.07, 6.45) is 0. The SMILES string of the molecule is CCn1c(SCC(=O)NNC(=O)COc2cc(C)ccc2C)nnc1-c1ccccc1C. The Hall–Kier alpha value is -3.33. The number of rotatable bonds is 8. The number of thioether (sulfide) groups is 1. The van der Waals surface area contributed by atoms with E-state index >= 15 is 0 Å². The third-order valence-corrected chi connectivity index (χ3v) is 5.76. The van der Waals surface area contributed by atoms with Crippen molar-refractivity contribution < 1.29 is 14.3 Å². The number of hydrogen-bond acceptors (Lipinski definition) is 6. The van der Waals surface area contributed by atoms with Crippen molar-refractivity contribution in [3.05, 3.63) is 59.2 Å². The number of nitrogens with one attached hydrogen (secondary N) is 2. The molecular formula is C23H27N5O3S. The molecule has 1 heterocycles. The van der Waals surface area contributed by atoms with Crippen molar-refractivity contribution in [2.45, 2.75) is 39.4 Å². The van der Waals surface area contributed by atoms with Crippen molar-refractivity contribution in [3.8, 4) is 17.1 Å². The van der Waals surface area contributed by atoms with Crippen molar-refractivity contribution in [2.75, 3.05) is 12.4 Å². The molecule has 0 spiro atoms. The predicted molar refractivity (Wildman–Crippen MR) is 124 cm³/mol. The first-order valence-electron chi connectivity index (χ1n) is 10.3. The van der Waals surface area contributed by atoms with Gasteiger partial charge in [0.15, 0.2) is 17.6 Å². The van der Waals surface area contributed by atoms with E-state index < -0.39 is 5.91 Å². The molecule has 2 amide bonds. The summed E-state index contributed by atoms with van der Waals surface area (Å²) in [7, 11) is 0. The molecule has 8 nitrogen and oxygen atoms in total. The van der Waals surface area contributed by atoms with Crippen LogP contribution in [0.4, 0.5) is 0 Å². The minimum absolute atomic E-state index is 0.0873. The average Bonchev–Trinajstić information content (AvgIpc) is 3.19. The fourth-order valence-electron chi connectivity index (χ4n) is 3.05. The molecule has 2 aromatic carbocycles. The summed E-state index contributed by atoms with van der Waals surface area (Å²) >= 11 is 1.26. The van der Waals surface area contributed by atoms with Crippen molar-refractivity contribution in [1.82, 2.24) is 25.6 Å². The maximum atomic E-state index is 12.2. The minimum atomic E-state index is -0.442. The molecule has 168 valence electrons. The quantitative estimate of drug-likeness (QED) is 0.401. The second-order valence-electron chi connectivity index (χ2n) is 7.31. The van der Waals surface area contributed by atoms with Crippen molar-refractivity contribution in [2.24, 2.45) is 0 Å². The highest BCUT2D eigenvalue weighted by Gasteiger charge is 2.16. The third-order valence-electron chi connectivity index (χ3n) is 4.80. The summed E-state index contributed by atoms with van der Waals surface area (Å²) in [4.78, 5) is 24.2. The van der Waals surface area contributed by atoms with Gasteiger partial charge in [-0.05, 0) is 50.5 Å². The van der Waals surface area contributed by atoms with Gasteiger partial charge in [-0.25, -0.2) is 0 Å². The van der Waals surface area contributed by atoms with E-state index in [-0.39, 0.29) is 18.3 Å². The van der Waals surface area contributed by atoms with E-state index in [1.165, 1.54) is 11.8 Å². The lowest BCUT2D eigenvalue weighted by atomic mass is 10.1. The van der Waals surface area contributed by atoms with Crippen LogP contribution in [0.3, 0.4) is 0 Å². The normalized spacial score (nSPS) is 10.6. The van der Waals surface area contributed by atoms with Crippen molar-refractivity contribution >= 4 is 23.6 Å². The van der Waals surface area contributed by atoms with E-state index in [0.717, 1.165) is 28.1 Å². The summed E-state index contributed by atoms with van der Waals surface area (Å²) in [5, 5.41) is 9.19. The molecule has 0 aliphatic carbocycles. The summed E-state index contributed by atoms with van der Waals surface area (Å²) < 4.78 is 7.50. The smallest absolute Gasteiger partial charge is 0.276 e. The fourth-order valence-corrected chi connectivity index (χ4v) is 3.85. The fraction of sp³-hybridized carbons (Fsp3) is 0.304. The van der Waals surface area contributed by atoms with Gasteiger partial charge in [-0.2, -0.15) is 0 Å². The molecule has 0 atom stereocenters. The number of hydrogen-bond donors (Lipinski definition) is 2. The van der Waals surface area contributed by atoms with Crippen LogP contribution in [0, 0.1) is 20.8 Å². The largest absolute Gasteiger partial charge is 0.483 e. The number of aromatic nitrogens is 3. The topological polar surface area (TPSA) is 98.1 Å². The molecule has 0 radical (unpaired) electrons. The summed E-state index contributed by atoms with van der Waals surface area (Å²) in [6, 6.07) is 13.7. The Morgan fingerprint density at radius 3 is 2.50 bits per heavy atom. The van der Waals surface area contributed by atoms with Gasteiger partial charge < -0.3 is 9.30 Å². The average molecular weight is 454 g/mol. The van der Waals surface area contributed by atoms with Gasteiger partial charge >= 0.3 is 0 Å². The second-order valence-corrected chi connectivity index (χ2v) is 8.25. The van der Waals surface area contributed by atoms with Crippen molar-refractivity contribution in [1.29, 1.82) is 0 Å². The van der Waals surface area contributed by atoms with Gasteiger partial charge in [0.25, 0.3) is 5.91 Å². The van der Waals surface area contributed by atoms with Crippen LogP contribution in [0.15, 0.2) is 47.6 Å². The molecule has 1 aromatic heterocycles. The summed E-state index contributed by atoms with van der Waals surface area (Å²) in [5.41, 5.74) is 8.87. The number of carbonyl (C=O) groups excluding carboxylic acids is 2. The monoisotopic (exact) mass is 453 g/mol. The maximum absolute atomic E-state index is 12.2. The number of hydrazine groups is 1. The standard InChI is InChI=1S/C23H27N5O3S/c1-5-28-22(18-9-7-6-8-16(18)3)26-27-23(28)32-14-21(30)25-24-20(29)13-31-19-12-15(2)10-11-17(19)4/h6-12H,5,13-14H2,1-4H3,(H,24,29)(H,25,30).